The lowest BCUT2D eigenvalue weighted by Crippen LogP contribution is -2.13. The highest BCUT2D eigenvalue weighted by atomic mass is 16.5. The second-order valence-electron chi connectivity index (χ2n) is 3.12. The van der Waals surface area contributed by atoms with Gasteiger partial charge in [-0.3, -0.25) is 10.1 Å². The molecule has 17 heavy (non-hydrogen) atoms. The van der Waals surface area contributed by atoms with Gasteiger partial charge < -0.3 is 14.6 Å². The molecule has 1 rings (SSSR count). The summed E-state index contributed by atoms with van der Waals surface area (Å²) in [4.78, 5) is 21.9. The van der Waals surface area contributed by atoms with E-state index in [9.17, 15) is 14.7 Å². The first-order chi connectivity index (χ1) is 8.02. The van der Waals surface area contributed by atoms with Crippen LogP contribution in [0.5, 0.6) is 11.5 Å². The van der Waals surface area contributed by atoms with Crippen LogP contribution in [0.1, 0.15) is 13.8 Å². The molecule has 0 aliphatic carbocycles. The summed E-state index contributed by atoms with van der Waals surface area (Å²) < 4.78 is 9.46. The van der Waals surface area contributed by atoms with Gasteiger partial charge in [0.2, 0.25) is 0 Å². The molecule has 2 N–H and O–H groups in total. The zero-order valence-electron chi connectivity index (χ0n) is 9.52. The van der Waals surface area contributed by atoms with Gasteiger partial charge in [-0.05, 0) is 19.1 Å². The number of benzene rings is 1. The minimum absolute atomic E-state index is 0.113. The maximum atomic E-state index is 11.1. The van der Waals surface area contributed by atoms with Crippen molar-refractivity contribution in [3.63, 3.8) is 0 Å². The number of carbonyl (C=O) groups is 2. The van der Waals surface area contributed by atoms with Crippen molar-refractivity contribution in [3.8, 4) is 11.5 Å². The van der Waals surface area contributed by atoms with Crippen molar-refractivity contribution >= 4 is 17.7 Å². The summed E-state index contributed by atoms with van der Waals surface area (Å²) in [6, 6.07) is 4.04. The Hall–Kier alpha value is -2.24. The summed E-state index contributed by atoms with van der Waals surface area (Å²) in [6.45, 7) is 3.14. The van der Waals surface area contributed by atoms with E-state index in [4.69, 9.17) is 4.74 Å². The number of phenols is 1. The molecule has 1 aromatic carbocycles. The van der Waals surface area contributed by atoms with E-state index in [0.717, 1.165) is 0 Å². The third kappa shape index (κ3) is 4.02. The highest BCUT2D eigenvalue weighted by Gasteiger charge is 2.09. The lowest BCUT2D eigenvalue weighted by atomic mass is 10.3. The quantitative estimate of drug-likeness (QED) is 0.478. The van der Waals surface area contributed by atoms with Crippen LogP contribution in [0, 0.1) is 0 Å². The number of hydrogen-bond donors (Lipinski definition) is 2. The molecule has 0 unspecified atom stereocenters. The second-order valence-corrected chi connectivity index (χ2v) is 3.12. The Morgan fingerprint density at radius 2 is 2.12 bits per heavy atom. The van der Waals surface area contributed by atoms with Gasteiger partial charge in [0.15, 0.2) is 0 Å². The molecule has 6 heteroatoms. The van der Waals surface area contributed by atoms with Crippen LogP contribution >= 0.6 is 0 Å². The van der Waals surface area contributed by atoms with Crippen molar-refractivity contribution in [1.29, 1.82) is 0 Å². The SMILES string of the molecule is CCOC(=O)Nc1cc(OC(C)=O)ccc1O. The van der Waals surface area contributed by atoms with Gasteiger partial charge in [0, 0.05) is 13.0 Å². The summed E-state index contributed by atoms with van der Waals surface area (Å²) in [5.41, 5.74) is 0.113. The van der Waals surface area contributed by atoms with Gasteiger partial charge in [-0.1, -0.05) is 0 Å². The summed E-state index contributed by atoms with van der Waals surface area (Å²) in [5, 5.41) is 11.8. The van der Waals surface area contributed by atoms with Crippen LogP contribution in [0.2, 0.25) is 0 Å². The number of hydrogen-bond acceptors (Lipinski definition) is 5. The Morgan fingerprint density at radius 1 is 1.41 bits per heavy atom. The molecule has 0 aliphatic rings. The van der Waals surface area contributed by atoms with E-state index in [1.54, 1.807) is 6.92 Å². The normalized spacial score (nSPS) is 9.53. The fourth-order valence-electron chi connectivity index (χ4n) is 1.12. The van der Waals surface area contributed by atoms with E-state index in [0.29, 0.717) is 0 Å². The Labute approximate surface area is 98.2 Å². The van der Waals surface area contributed by atoms with Crippen molar-refractivity contribution in [2.24, 2.45) is 0 Å². The van der Waals surface area contributed by atoms with Crippen LogP contribution in [0.15, 0.2) is 18.2 Å². The average Bonchev–Trinajstić information content (AvgIpc) is 2.22. The number of nitrogens with one attached hydrogen (secondary N) is 1. The molecule has 0 heterocycles. The molecule has 0 spiro atoms. The number of rotatable bonds is 3. The van der Waals surface area contributed by atoms with Crippen LogP contribution in [0.3, 0.4) is 0 Å². The van der Waals surface area contributed by atoms with Crippen LogP contribution in [0.4, 0.5) is 10.5 Å². The highest BCUT2D eigenvalue weighted by Crippen LogP contribution is 2.28. The smallest absolute Gasteiger partial charge is 0.411 e. The van der Waals surface area contributed by atoms with E-state index in [1.165, 1.54) is 25.1 Å². The molecule has 0 saturated carbocycles. The average molecular weight is 239 g/mol. The summed E-state index contributed by atoms with van der Waals surface area (Å²) >= 11 is 0. The predicted octanol–water partition coefficient (Wildman–Crippen LogP) is 1.89. The monoisotopic (exact) mass is 239 g/mol. The first kappa shape index (κ1) is 12.8. The molecule has 0 aliphatic heterocycles. The molecular weight excluding hydrogens is 226 g/mol. The number of amides is 1. The topological polar surface area (TPSA) is 84.9 Å². The van der Waals surface area contributed by atoms with Gasteiger partial charge in [0.1, 0.15) is 11.5 Å². The number of phenolic OH excluding ortho intramolecular Hbond substituents is 1. The Balaban J connectivity index is 2.83. The number of esters is 1. The number of ether oxygens (including phenoxy) is 2. The van der Waals surface area contributed by atoms with Crippen LogP contribution < -0.4 is 10.1 Å². The molecule has 0 aromatic heterocycles. The Morgan fingerprint density at radius 3 is 2.71 bits per heavy atom. The van der Waals surface area contributed by atoms with Crippen LogP contribution in [-0.2, 0) is 9.53 Å². The van der Waals surface area contributed by atoms with Gasteiger partial charge in [0.25, 0.3) is 0 Å². The fraction of sp³-hybridized carbons (Fsp3) is 0.273. The first-order valence-corrected chi connectivity index (χ1v) is 4.98. The molecular formula is C11H13NO5. The molecule has 0 atom stereocenters. The summed E-state index contributed by atoms with van der Waals surface area (Å²) in [5.74, 6) is -0.408. The summed E-state index contributed by atoms with van der Waals surface area (Å²) in [6.07, 6.45) is -0.692. The number of carbonyl (C=O) groups excluding carboxylic acids is 2. The second kappa shape index (κ2) is 5.74. The Kier molecular flexibility index (Phi) is 4.33. The molecule has 0 radical (unpaired) electrons. The zero-order chi connectivity index (χ0) is 12.8. The molecule has 1 aromatic rings. The minimum atomic E-state index is -0.692. The third-order valence-electron chi connectivity index (χ3n) is 1.74. The van der Waals surface area contributed by atoms with E-state index in [1.807, 2.05) is 0 Å². The van der Waals surface area contributed by atoms with Crippen molar-refractivity contribution in [2.45, 2.75) is 13.8 Å². The number of anilines is 1. The van der Waals surface area contributed by atoms with Gasteiger partial charge in [-0.25, -0.2) is 4.79 Å². The van der Waals surface area contributed by atoms with E-state index >= 15 is 0 Å². The highest BCUT2D eigenvalue weighted by molar-refractivity contribution is 5.87. The molecule has 92 valence electrons. The predicted molar refractivity (Wildman–Crippen MR) is 60.1 cm³/mol. The maximum absolute atomic E-state index is 11.1. The van der Waals surface area contributed by atoms with Gasteiger partial charge in [0.05, 0.1) is 12.3 Å². The van der Waals surface area contributed by atoms with E-state index in [2.05, 4.69) is 10.1 Å². The molecule has 6 nitrogen and oxygen atoms in total. The van der Waals surface area contributed by atoms with Crippen LogP contribution in [0.25, 0.3) is 0 Å². The number of aromatic hydroxyl groups is 1. The van der Waals surface area contributed by atoms with Crippen molar-refractivity contribution in [3.05, 3.63) is 18.2 Å². The zero-order valence-corrected chi connectivity index (χ0v) is 9.52. The fourth-order valence-corrected chi connectivity index (χ4v) is 1.12. The van der Waals surface area contributed by atoms with Gasteiger partial charge >= 0.3 is 12.1 Å². The van der Waals surface area contributed by atoms with E-state index < -0.39 is 12.1 Å². The molecule has 0 saturated heterocycles. The van der Waals surface area contributed by atoms with E-state index in [-0.39, 0.29) is 23.8 Å². The van der Waals surface area contributed by atoms with Gasteiger partial charge in [-0.15, -0.1) is 0 Å². The maximum Gasteiger partial charge on any atom is 0.411 e. The largest absolute Gasteiger partial charge is 0.506 e. The van der Waals surface area contributed by atoms with Crippen molar-refractivity contribution in [1.82, 2.24) is 0 Å². The Bertz CT molecular complexity index is 430. The standard InChI is InChI=1S/C11H13NO5/c1-3-16-11(15)12-9-6-8(17-7(2)13)4-5-10(9)14/h4-6,14H,3H2,1-2H3,(H,12,15). The molecule has 1 amide bonds. The summed E-state index contributed by atoms with van der Waals surface area (Å²) in [7, 11) is 0. The van der Waals surface area contributed by atoms with Crippen molar-refractivity contribution in [2.75, 3.05) is 11.9 Å². The lowest BCUT2D eigenvalue weighted by molar-refractivity contribution is -0.131. The minimum Gasteiger partial charge on any atom is -0.506 e. The van der Waals surface area contributed by atoms with Crippen molar-refractivity contribution < 1.29 is 24.2 Å². The lowest BCUT2D eigenvalue weighted by Gasteiger charge is -2.08. The third-order valence-corrected chi connectivity index (χ3v) is 1.74. The first-order valence-electron chi connectivity index (χ1n) is 4.98. The molecule has 0 fully saturated rings. The van der Waals surface area contributed by atoms with Gasteiger partial charge in [-0.2, -0.15) is 0 Å². The molecule has 0 bridgehead atoms. The van der Waals surface area contributed by atoms with Crippen LogP contribution in [-0.4, -0.2) is 23.8 Å².